The molecule has 0 amide bonds. The zero-order valence-electron chi connectivity index (χ0n) is 9.79. The van der Waals surface area contributed by atoms with E-state index in [1.54, 1.807) is 6.07 Å². The Kier molecular flexibility index (Phi) is 4.00. The molecule has 92 valence electrons. The van der Waals surface area contributed by atoms with Crippen molar-refractivity contribution in [2.45, 2.75) is 0 Å². The Labute approximate surface area is 111 Å². The minimum atomic E-state index is -0.340. The number of nitrogens with one attached hydrogen (secondary N) is 1. The molecule has 2 rings (SSSR count). The average Bonchev–Trinajstić information content (AvgIpc) is 2.38. The average molecular weight is 262 g/mol. The van der Waals surface area contributed by atoms with Crippen LogP contribution < -0.4 is 5.32 Å². The predicted octanol–water partition coefficient (Wildman–Crippen LogP) is 4.60. The summed E-state index contributed by atoms with van der Waals surface area (Å²) < 4.78 is 12.9. The van der Waals surface area contributed by atoms with Crippen LogP contribution in [0.4, 0.5) is 10.1 Å². The third-order valence-corrected chi connectivity index (χ3v) is 2.92. The van der Waals surface area contributed by atoms with E-state index >= 15 is 0 Å². The Morgan fingerprint density at radius 3 is 2.56 bits per heavy atom. The van der Waals surface area contributed by atoms with Crippen LogP contribution in [0.15, 0.2) is 55.1 Å². The molecular weight excluding hydrogens is 249 g/mol. The molecule has 1 nitrogen and oxygen atoms in total. The van der Waals surface area contributed by atoms with E-state index in [4.69, 9.17) is 11.6 Å². The van der Waals surface area contributed by atoms with Crippen molar-refractivity contribution >= 4 is 22.9 Å². The first-order valence-electron chi connectivity index (χ1n) is 5.59. The largest absolute Gasteiger partial charge is 0.380 e. The first-order chi connectivity index (χ1) is 8.66. The smallest absolute Gasteiger partial charge is 0.124 e. The summed E-state index contributed by atoms with van der Waals surface area (Å²) in [6.07, 6.45) is 0. The second-order valence-electron chi connectivity index (χ2n) is 3.95. The third kappa shape index (κ3) is 3.11. The van der Waals surface area contributed by atoms with E-state index in [0.717, 1.165) is 11.1 Å². The third-order valence-electron chi connectivity index (χ3n) is 2.61. The van der Waals surface area contributed by atoms with Crippen LogP contribution in [0.1, 0.15) is 5.56 Å². The molecule has 0 fully saturated rings. The summed E-state index contributed by atoms with van der Waals surface area (Å²) in [5.74, 6) is -0.340. The molecular formula is C15H13ClFN. The maximum Gasteiger partial charge on any atom is 0.124 e. The van der Waals surface area contributed by atoms with Crippen LogP contribution in [0.5, 0.6) is 0 Å². The van der Waals surface area contributed by atoms with Gasteiger partial charge in [-0.15, -0.1) is 0 Å². The monoisotopic (exact) mass is 261 g/mol. The number of hydrogen-bond donors (Lipinski definition) is 1. The van der Waals surface area contributed by atoms with Crippen molar-refractivity contribution in [1.82, 2.24) is 0 Å². The van der Waals surface area contributed by atoms with E-state index in [1.165, 1.54) is 12.1 Å². The second kappa shape index (κ2) is 5.69. The molecule has 0 atom stereocenters. The topological polar surface area (TPSA) is 12.0 Å². The van der Waals surface area contributed by atoms with E-state index in [0.29, 0.717) is 17.3 Å². The van der Waals surface area contributed by atoms with Gasteiger partial charge in [-0.1, -0.05) is 48.5 Å². The molecule has 0 aliphatic heterocycles. The summed E-state index contributed by atoms with van der Waals surface area (Å²) in [4.78, 5) is 0. The molecule has 0 saturated heterocycles. The van der Waals surface area contributed by atoms with Gasteiger partial charge in [0.2, 0.25) is 0 Å². The lowest BCUT2D eigenvalue weighted by molar-refractivity contribution is 0.628. The molecule has 0 aliphatic rings. The maximum absolute atomic E-state index is 12.9. The lowest BCUT2D eigenvalue weighted by atomic mass is 10.1. The Morgan fingerprint density at radius 1 is 1.17 bits per heavy atom. The first-order valence-corrected chi connectivity index (χ1v) is 5.97. The SMILES string of the molecule is C=C(CNc1ccc(F)cc1Cl)c1ccccc1. The molecule has 1 N–H and O–H groups in total. The van der Waals surface area contributed by atoms with Gasteiger partial charge in [0.05, 0.1) is 10.7 Å². The van der Waals surface area contributed by atoms with E-state index in [2.05, 4.69) is 11.9 Å². The lowest BCUT2D eigenvalue weighted by Crippen LogP contribution is -2.03. The summed E-state index contributed by atoms with van der Waals surface area (Å²) in [5.41, 5.74) is 2.73. The fourth-order valence-corrected chi connectivity index (χ4v) is 1.84. The van der Waals surface area contributed by atoms with Crippen LogP contribution in [-0.4, -0.2) is 6.54 Å². The minimum Gasteiger partial charge on any atom is -0.380 e. The summed E-state index contributed by atoms with van der Waals surface area (Å²) >= 11 is 5.93. The first kappa shape index (κ1) is 12.7. The van der Waals surface area contributed by atoms with Crippen LogP contribution in [0.3, 0.4) is 0 Å². The van der Waals surface area contributed by atoms with Crippen molar-refractivity contribution in [3.63, 3.8) is 0 Å². The van der Waals surface area contributed by atoms with Gasteiger partial charge in [0, 0.05) is 6.54 Å². The number of halogens is 2. The van der Waals surface area contributed by atoms with Crippen LogP contribution in [0.2, 0.25) is 5.02 Å². The zero-order chi connectivity index (χ0) is 13.0. The van der Waals surface area contributed by atoms with E-state index in [-0.39, 0.29) is 5.82 Å². The highest BCUT2D eigenvalue weighted by atomic mass is 35.5. The molecule has 0 aromatic heterocycles. The van der Waals surface area contributed by atoms with E-state index in [9.17, 15) is 4.39 Å². The quantitative estimate of drug-likeness (QED) is 0.848. The lowest BCUT2D eigenvalue weighted by Gasteiger charge is -2.10. The highest BCUT2D eigenvalue weighted by molar-refractivity contribution is 6.33. The van der Waals surface area contributed by atoms with Gasteiger partial charge in [0.25, 0.3) is 0 Å². The van der Waals surface area contributed by atoms with Crippen LogP contribution in [0, 0.1) is 5.82 Å². The number of benzene rings is 2. The van der Waals surface area contributed by atoms with Crippen LogP contribution in [0.25, 0.3) is 5.57 Å². The molecule has 2 aromatic rings. The maximum atomic E-state index is 12.9. The van der Waals surface area contributed by atoms with Gasteiger partial charge in [-0.3, -0.25) is 0 Å². The van der Waals surface area contributed by atoms with Crippen molar-refractivity contribution in [3.05, 3.63) is 71.5 Å². The molecule has 0 spiro atoms. The van der Waals surface area contributed by atoms with Gasteiger partial charge < -0.3 is 5.32 Å². The Bertz CT molecular complexity index is 552. The highest BCUT2D eigenvalue weighted by Crippen LogP contribution is 2.23. The molecule has 2 aromatic carbocycles. The number of hydrogen-bond acceptors (Lipinski definition) is 1. The standard InChI is InChI=1S/C15H13ClFN/c1-11(12-5-3-2-4-6-12)10-18-15-8-7-13(17)9-14(15)16/h2-9,18H,1,10H2. The van der Waals surface area contributed by atoms with Gasteiger partial charge >= 0.3 is 0 Å². The van der Waals surface area contributed by atoms with Gasteiger partial charge in [-0.05, 0) is 29.3 Å². The Morgan fingerprint density at radius 2 is 1.89 bits per heavy atom. The van der Waals surface area contributed by atoms with Crippen molar-refractivity contribution in [1.29, 1.82) is 0 Å². The predicted molar refractivity (Wildman–Crippen MR) is 75.4 cm³/mol. The van der Waals surface area contributed by atoms with E-state index < -0.39 is 0 Å². The van der Waals surface area contributed by atoms with Gasteiger partial charge in [0.15, 0.2) is 0 Å². The van der Waals surface area contributed by atoms with Gasteiger partial charge in [-0.2, -0.15) is 0 Å². The Hall–Kier alpha value is -1.80. The summed E-state index contributed by atoms with van der Waals surface area (Å²) in [6.45, 7) is 4.57. The molecule has 0 aliphatic carbocycles. The van der Waals surface area contributed by atoms with Crippen molar-refractivity contribution in [3.8, 4) is 0 Å². The Balaban J connectivity index is 2.02. The molecule has 3 heteroatoms. The summed E-state index contributed by atoms with van der Waals surface area (Å²) in [5, 5.41) is 3.51. The van der Waals surface area contributed by atoms with Crippen molar-refractivity contribution in [2.75, 3.05) is 11.9 Å². The second-order valence-corrected chi connectivity index (χ2v) is 4.35. The molecule has 18 heavy (non-hydrogen) atoms. The minimum absolute atomic E-state index is 0.340. The van der Waals surface area contributed by atoms with Gasteiger partial charge in [0.1, 0.15) is 5.82 Å². The molecule has 0 saturated carbocycles. The van der Waals surface area contributed by atoms with E-state index in [1.807, 2.05) is 30.3 Å². The molecule has 0 radical (unpaired) electrons. The van der Waals surface area contributed by atoms with Crippen LogP contribution in [-0.2, 0) is 0 Å². The van der Waals surface area contributed by atoms with Crippen LogP contribution >= 0.6 is 11.6 Å². The summed E-state index contributed by atoms with van der Waals surface area (Å²) in [6, 6.07) is 14.2. The fourth-order valence-electron chi connectivity index (χ4n) is 1.61. The fraction of sp³-hybridized carbons (Fsp3) is 0.0667. The molecule has 0 heterocycles. The molecule has 0 bridgehead atoms. The highest BCUT2D eigenvalue weighted by Gasteiger charge is 2.03. The summed E-state index contributed by atoms with van der Waals surface area (Å²) in [7, 11) is 0. The normalized spacial score (nSPS) is 10.1. The number of anilines is 1. The molecule has 0 unspecified atom stereocenters. The van der Waals surface area contributed by atoms with Gasteiger partial charge in [-0.25, -0.2) is 4.39 Å². The van der Waals surface area contributed by atoms with Crippen molar-refractivity contribution in [2.24, 2.45) is 0 Å². The van der Waals surface area contributed by atoms with Crippen molar-refractivity contribution < 1.29 is 4.39 Å². The number of rotatable bonds is 4. The zero-order valence-corrected chi connectivity index (χ0v) is 10.5.